The number of esters is 1. The van der Waals surface area contributed by atoms with Gasteiger partial charge in [0.15, 0.2) is 0 Å². The van der Waals surface area contributed by atoms with Crippen molar-refractivity contribution < 1.29 is 14.6 Å². The van der Waals surface area contributed by atoms with Crippen LogP contribution in [0.4, 0.5) is 0 Å². The molecule has 0 saturated heterocycles. The monoisotopic (exact) mass is 270 g/mol. The molecule has 2 rings (SSSR count). The minimum Gasteiger partial charge on any atom is -0.508 e. The summed E-state index contributed by atoms with van der Waals surface area (Å²) in [7, 11) is 0. The van der Waals surface area contributed by atoms with Gasteiger partial charge in [-0.25, -0.2) is 4.79 Å². The van der Waals surface area contributed by atoms with E-state index in [0.717, 1.165) is 12.0 Å². The van der Waals surface area contributed by atoms with Crippen molar-refractivity contribution in [2.75, 3.05) is 6.61 Å². The Hall–Kier alpha value is -2.29. The van der Waals surface area contributed by atoms with Crippen molar-refractivity contribution in [3.05, 3.63) is 65.2 Å². The van der Waals surface area contributed by atoms with Gasteiger partial charge in [-0.1, -0.05) is 30.3 Å². The molecule has 0 spiro atoms. The first-order valence-corrected chi connectivity index (χ1v) is 6.73. The molecule has 0 atom stereocenters. The number of ether oxygens (including phenoxy) is 1. The Kier molecular flexibility index (Phi) is 4.77. The quantitative estimate of drug-likeness (QED) is 0.847. The topological polar surface area (TPSA) is 46.5 Å². The number of carbonyl (C=O) groups excluding carboxylic acids is 1. The summed E-state index contributed by atoms with van der Waals surface area (Å²) in [4.78, 5) is 11.7. The predicted octanol–water partition coefficient (Wildman–Crippen LogP) is 3.35. The Morgan fingerprint density at radius 1 is 1.10 bits per heavy atom. The van der Waals surface area contributed by atoms with Gasteiger partial charge in [0.25, 0.3) is 0 Å². The molecule has 104 valence electrons. The molecule has 0 aliphatic carbocycles. The molecule has 20 heavy (non-hydrogen) atoms. The molecular formula is C17H18O3. The summed E-state index contributed by atoms with van der Waals surface area (Å²) in [6.45, 7) is 2.12. The molecule has 0 radical (unpaired) electrons. The molecule has 3 heteroatoms. The third-order valence-corrected chi connectivity index (χ3v) is 3.12. The molecule has 3 nitrogen and oxygen atoms in total. The molecule has 0 amide bonds. The second kappa shape index (κ2) is 6.75. The lowest BCUT2D eigenvalue weighted by Crippen LogP contribution is -2.05. The van der Waals surface area contributed by atoms with E-state index in [9.17, 15) is 9.90 Å². The van der Waals surface area contributed by atoms with Crippen LogP contribution in [0.5, 0.6) is 5.75 Å². The van der Waals surface area contributed by atoms with Gasteiger partial charge in [0, 0.05) is 0 Å². The first kappa shape index (κ1) is 14.1. The number of phenols is 1. The number of aryl methyl sites for hydroxylation is 2. The van der Waals surface area contributed by atoms with Crippen LogP contribution in [0.2, 0.25) is 0 Å². The Bertz CT molecular complexity index is 576. The second-order valence-corrected chi connectivity index (χ2v) is 4.55. The number of carbonyl (C=O) groups is 1. The summed E-state index contributed by atoms with van der Waals surface area (Å²) < 4.78 is 4.97. The first-order valence-electron chi connectivity index (χ1n) is 6.73. The molecule has 2 aromatic carbocycles. The van der Waals surface area contributed by atoms with Gasteiger partial charge in [-0.15, -0.1) is 0 Å². The lowest BCUT2D eigenvalue weighted by molar-refractivity contribution is 0.0526. The van der Waals surface area contributed by atoms with Crippen molar-refractivity contribution in [3.8, 4) is 5.75 Å². The van der Waals surface area contributed by atoms with E-state index in [-0.39, 0.29) is 11.7 Å². The number of hydrogen-bond acceptors (Lipinski definition) is 3. The number of benzene rings is 2. The van der Waals surface area contributed by atoms with Crippen LogP contribution in [0.15, 0.2) is 48.5 Å². The zero-order chi connectivity index (χ0) is 14.4. The molecule has 0 heterocycles. The molecule has 0 saturated carbocycles. The van der Waals surface area contributed by atoms with Crippen LogP contribution in [0.3, 0.4) is 0 Å². The second-order valence-electron chi connectivity index (χ2n) is 4.55. The smallest absolute Gasteiger partial charge is 0.338 e. The van der Waals surface area contributed by atoms with Crippen LogP contribution in [0.1, 0.15) is 28.4 Å². The highest BCUT2D eigenvalue weighted by atomic mass is 16.5. The zero-order valence-electron chi connectivity index (χ0n) is 11.5. The predicted molar refractivity (Wildman–Crippen MR) is 77.9 cm³/mol. The maximum atomic E-state index is 11.7. The fourth-order valence-electron chi connectivity index (χ4n) is 2.05. The summed E-state index contributed by atoms with van der Waals surface area (Å²) in [5.41, 5.74) is 2.44. The van der Waals surface area contributed by atoms with Crippen molar-refractivity contribution in [1.29, 1.82) is 0 Å². The number of rotatable bonds is 5. The molecule has 1 N–H and O–H groups in total. The van der Waals surface area contributed by atoms with Gasteiger partial charge in [-0.05, 0) is 49.1 Å². The van der Waals surface area contributed by atoms with Crippen molar-refractivity contribution in [1.82, 2.24) is 0 Å². The summed E-state index contributed by atoms with van der Waals surface area (Å²) in [6.07, 6.45) is 1.50. The molecule has 0 aromatic heterocycles. The van der Waals surface area contributed by atoms with E-state index >= 15 is 0 Å². The molecule has 0 aliphatic heterocycles. The van der Waals surface area contributed by atoms with Crippen LogP contribution < -0.4 is 0 Å². The van der Waals surface area contributed by atoms with E-state index in [0.29, 0.717) is 18.6 Å². The molecule has 0 fully saturated rings. The Labute approximate surface area is 118 Å². The molecule has 0 bridgehead atoms. The largest absolute Gasteiger partial charge is 0.508 e. The van der Waals surface area contributed by atoms with E-state index in [1.54, 1.807) is 25.1 Å². The minimum atomic E-state index is -0.353. The van der Waals surface area contributed by atoms with E-state index in [2.05, 4.69) is 0 Å². The van der Waals surface area contributed by atoms with Gasteiger partial charge < -0.3 is 9.84 Å². The molecular weight excluding hydrogens is 252 g/mol. The maximum absolute atomic E-state index is 11.7. The number of hydrogen-bond donors (Lipinski definition) is 1. The lowest BCUT2D eigenvalue weighted by Gasteiger charge is -2.08. The SMILES string of the molecule is CCOC(=O)c1ccc(O)c(CCc2ccccc2)c1. The average Bonchev–Trinajstić information content (AvgIpc) is 2.47. The van der Waals surface area contributed by atoms with Crippen LogP contribution in [-0.2, 0) is 17.6 Å². The van der Waals surface area contributed by atoms with Gasteiger partial charge >= 0.3 is 5.97 Å². The summed E-state index contributed by atoms with van der Waals surface area (Å²) in [5.74, 6) is -0.137. The standard InChI is InChI=1S/C17H18O3/c1-2-20-17(19)15-10-11-16(18)14(12-15)9-8-13-6-4-3-5-7-13/h3-7,10-12,18H,2,8-9H2,1H3. The van der Waals surface area contributed by atoms with E-state index in [4.69, 9.17) is 4.74 Å². The van der Waals surface area contributed by atoms with Crippen LogP contribution in [0, 0.1) is 0 Å². The number of phenolic OH excluding ortho intramolecular Hbond substituents is 1. The van der Waals surface area contributed by atoms with Crippen molar-refractivity contribution in [2.45, 2.75) is 19.8 Å². The Morgan fingerprint density at radius 3 is 2.55 bits per heavy atom. The molecule has 0 aliphatic rings. The summed E-state index contributed by atoms with van der Waals surface area (Å²) >= 11 is 0. The maximum Gasteiger partial charge on any atom is 0.338 e. The zero-order valence-corrected chi connectivity index (χ0v) is 11.5. The normalized spacial score (nSPS) is 10.2. The van der Waals surface area contributed by atoms with Crippen molar-refractivity contribution in [3.63, 3.8) is 0 Å². The third kappa shape index (κ3) is 3.60. The fourth-order valence-corrected chi connectivity index (χ4v) is 2.05. The van der Waals surface area contributed by atoms with Gasteiger partial charge in [0.05, 0.1) is 12.2 Å². The highest BCUT2D eigenvalue weighted by Crippen LogP contribution is 2.21. The fraction of sp³-hybridized carbons (Fsp3) is 0.235. The van der Waals surface area contributed by atoms with Gasteiger partial charge in [-0.3, -0.25) is 0 Å². The van der Waals surface area contributed by atoms with E-state index < -0.39 is 0 Å². The van der Waals surface area contributed by atoms with Crippen molar-refractivity contribution in [2.24, 2.45) is 0 Å². The van der Waals surface area contributed by atoms with E-state index in [1.165, 1.54) is 5.56 Å². The van der Waals surface area contributed by atoms with Crippen LogP contribution >= 0.6 is 0 Å². The van der Waals surface area contributed by atoms with Gasteiger partial charge in [-0.2, -0.15) is 0 Å². The molecule has 0 unspecified atom stereocenters. The van der Waals surface area contributed by atoms with Crippen LogP contribution in [-0.4, -0.2) is 17.7 Å². The Balaban J connectivity index is 2.10. The number of aromatic hydroxyl groups is 1. The molecule has 2 aromatic rings. The summed E-state index contributed by atoms with van der Waals surface area (Å²) in [5, 5.41) is 9.87. The highest BCUT2D eigenvalue weighted by molar-refractivity contribution is 5.89. The Morgan fingerprint density at radius 2 is 1.85 bits per heavy atom. The highest BCUT2D eigenvalue weighted by Gasteiger charge is 2.10. The van der Waals surface area contributed by atoms with Crippen molar-refractivity contribution >= 4 is 5.97 Å². The third-order valence-electron chi connectivity index (χ3n) is 3.12. The first-order chi connectivity index (χ1) is 9.70. The average molecular weight is 270 g/mol. The van der Waals surface area contributed by atoms with E-state index in [1.807, 2.05) is 30.3 Å². The minimum absolute atomic E-state index is 0.217. The van der Waals surface area contributed by atoms with Gasteiger partial charge in [0.2, 0.25) is 0 Å². The van der Waals surface area contributed by atoms with Crippen LogP contribution in [0.25, 0.3) is 0 Å². The van der Waals surface area contributed by atoms with Gasteiger partial charge in [0.1, 0.15) is 5.75 Å². The lowest BCUT2D eigenvalue weighted by atomic mass is 10.0. The summed E-state index contributed by atoms with van der Waals surface area (Å²) in [6, 6.07) is 14.9.